The zero-order chi connectivity index (χ0) is 24.8. The summed E-state index contributed by atoms with van der Waals surface area (Å²) in [5.74, 6) is -4.48. The molecule has 1 aromatic carbocycles. The fourth-order valence-corrected chi connectivity index (χ4v) is 5.08. The summed E-state index contributed by atoms with van der Waals surface area (Å²) in [6, 6.07) is 0.254. The van der Waals surface area contributed by atoms with Crippen molar-refractivity contribution < 1.29 is 37.6 Å². The summed E-state index contributed by atoms with van der Waals surface area (Å²) in [5.41, 5.74) is -1.25. The summed E-state index contributed by atoms with van der Waals surface area (Å²) in [6.07, 6.45) is 0.892. The van der Waals surface area contributed by atoms with Crippen LogP contribution in [0.4, 0.5) is 17.6 Å². The van der Waals surface area contributed by atoms with Gasteiger partial charge in [-0.3, -0.25) is 0 Å². The lowest BCUT2D eigenvalue weighted by molar-refractivity contribution is -0.178. The van der Waals surface area contributed by atoms with Crippen molar-refractivity contribution in [3.05, 3.63) is 58.9 Å². The smallest absolute Gasteiger partial charge is 0.221 e. The van der Waals surface area contributed by atoms with Gasteiger partial charge in [0.25, 0.3) is 0 Å². The summed E-state index contributed by atoms with van der Waals surface area (Å²) in [6.45, 7) is -0.611. The van der Waals surface area contributed by atoms with Gasteiger partial charge >= 0.3 is 0 Å². The number of nitrogens with zero attached hydrogens (tertiary/aromatic N) is 3. The van der Waals surface area contributed by atoms with E-state index in [1.165, 1.54) is 18.3 Å². The van der Waals surface area contributed by atoms with E-state index < -0.39 is 64.4 Å². The Morgan fingerprint density at radius 3 is 2.47 bits per heavy atom. The van der Waals surface area contributed by atoms with E-state index in [2.05, 4.69) is 10.3 Å². The van der Waals surface area contributed by atoms with Gasteiger partial charge in [-0.2, -0.15) is 0 Å². The molecule has 2 heterocycles. The summed E-state index contributed by atoms with van der Waals surface area (Å²) in [4.78, 5) is 0.418. The number of hydrogen-bond donors (Lipinski definition) is 3. The van der Waals surface area contributed by atoms with Crippen LogP contribution in [-0.2, 0) is 4.74 Å². The largest absolute Gasteiger partial charge is 0.394 e. The van der Waals surface area contributed by atoms with Crippen LogP contribution in [0, 0.1) is 17.5 Å². The van der Waals surface area contributed by atoms with Gasteiger partial charge in [0.1, 0.15) is 40.9 Å². The van der Waals surface area contributed by atoms with E-state index in [0.29, 0.717) is 4.91 Å². The second kappa shape index (κ2) is 9.76. The summed E-state index contributed by atoms with van der Waals surface area (Å²) in [5, 5.41) is 35.4. The molecule has 1 saturated heterocycles. The van der Waals surface area contributed by atoms with Gasteiger partial charge in [0.15, 0.2) is 17.5 Å². The van der Waals surface area contributed by atoms with Crippen molar-refractivity contribution in [2.24, 2.45) is 0 Å². The third-order valence-corrected chi connectivity index (χ3v) is 7.43. The van der Waals surface area contributed by atoms with E-state index in [1.807, 2.05) is 0 Å². The highest BCUT2D eigenvalue weighted by Gasteiger charge is 2.47. The molecule has 3 N–H and O–H groups in total. The normalized spacial score (nSPS) is 33.7. The Labute approximate surface area is 204 Å². The number of aliphatic hydroxyl groups is 3. The maximum atomic E-state index is 14.0. The Morgan fingerprint density at radius 1 is 1.18 bits per heavy atom. The van der Waals surface area contributed by atoms with Crippen LogP contribution in [0.15, 0.2) is 41.5 Å². The molecule has 1 aromatic heterocycles. The van der Waals surface area contributed by atoms with Crippen LogP contribution in [0.3, 0.4) is 0 Å². The van der Waals surface area contributed by atoms with E-state index in [-0.39, 0.29) is 11.3 Å². The molecule has 14 heteroatoms. The molecule has 1 fully saturated rings. The number of rotatable bonds is 5. The van der Waals surface area contributed by atoms with Crippen molar-refractivity contribution in [1.82, 2.24) is 15.0 Å². The standard InChI is InChI=1S/C20H17Cl2F4N3O4S/c21-14-5-9(1-2-20(14,22)26)34-19-18(32)16(17(31)13(7-30)33-19)29-6-12(27-28-29)8-3-10(23)15(25)11(24)4-8/h1-6,13-14,16-19,30-32H,7H2/t13-,14?,16+,17+,18-,19-,20?/m1/s1. The molecule has 1 aliphatic heterocycles. The van der Waals surface area contributed by atoms with Gasteiger partial charge in [-0.15, -0.1) is 16.7 Å². The Bertz CT molecular complexity index is 1110. The average molecular weight is 542 g/mol. The minimum atomic E-state index is -2.28. The van der Waals surface area contributed by atoms with E-state index in [0.717, 1.165) is 34.7 Å². The molecule has 1 aliphatic carbocycles. The fraction of sp³-hybridized carbons (Fsp3) is 0.400. The van der Waals surface area contributed by atoms with Crippen molar-refractivity contribution in [3.63, 3.8) is 0 Å². The summed E-state index contributed by atoms with van der Waals surface area (Å²) < 4.78 is 61.2. The highest BCUT2D eigenvalue weighted by atomic mass is 35.5. The average Bonchev–Trinajstić information content (AvgIpc) is 3.26. The highest BCUT2D eigenvalue weighted by Crippen LogP contribution is 2.42. The van der Waals surface area contributed by atoms with Gasteiger partial charge in [-0.1, -0.05) is 28.6 Å². The molecular weight excluding hydrogens is 525 g/mol. The van der Waals surface area contributed by atoms with Crippen LogP contribution in [0.2, 0.25) is 0 Å². The van der Waals surface area contributed by atoms with E-state index in [1.54, 1.807) is 0 Å². The molecular formula is C20H17Cl2F4N3O4S. The van der Waals surface area contributed by atoms with Crippen LogP contribution >= 0.6 is 35.0 Å². The van der Waals surface area contributed by atoms with Crippen molar-refractivity contribution in [1.29, 1.82) is 0 Å². The molecule has 7 nitrogen and oxygen atoms in total. The number of thioether (sulfide) groups is 1. The van der Waals surface area contributed by atoms with E-state index in [9.17, 15) is 32.9 Å². The van der Waals surface area contributed by atoms with Crippen molar-refractivity contribution in [2.75, 3.05) is 6.61 Å². The van der Waals surface area contributed by atoms with Gasteiger partial charge in [0.05, 0.1) is 12.8 Å². The minimum Gasteiger partial charge on any atom is -0.394 e. The number of aliphatic hydroxyl groups excluding tert-OH is 3. The first-order valence-corrected chi connectivity index (χ1v) is 11.5. The molecule has 4 rings (SSSR count). The number of aromatic nitrogens is 3. The van der Waals surface area contributed by atoms with Crippen molar-refractivity contribution >= 4 is 35.0 Å². The Balaban J connectivity index is 1.61. The maximum Gasteiger partial charge on any atom is 0.221 e. The first kappa shape index (κ1) is 25.4. The highest BCUT2D eigenvalue weighted by molar-refractivity contribution is 8.03. The lowest BCUT2D eigenvalue weighted by atomic mass is 9.97. The predicted octanol–water partition coefficient (Wildman–Crippen LogP) is 3.04. The molecule has 34 heavy (non-hydrogen) atoms. The van der Waals surface area contributed by atoms with Crippen LogP contribution < -0.4 is 0 Å². The number of benzene rings is 1. The van der Waals surface area contributed by atoms with Gasteiger partial charge in [0, 0.05) is 10.5 Å². The van der Waals surface area contributed by atoms with Gasteiger partial charge in [-0.05, 0) is 30.4 Å². The van der Waals surface area contributed by atoms with E-state index >= 15 is 0 Å². The SMILES string of the molecule is OC[C@H]1O[C@H](SC2=CC(Cl)C(F)(Cl)C=C2)[C@H](O)[C@@H](n2cc(-c3cc(F)c(F)c(F)c3)nn2)[C@H]1O. The minimum absolute atomic E-state index is 0.0576. The number of ether oxygens (including phenoxy) is 1. The second-order valence-electron chi connectivity index (χ2n) is 7.63. The number of allylic oxidation sites excluding steroid dienone is 3. The van der Waals surface area contributed by atoms with E-state index in [4.69, 9.17) is 27.9 Å². The van der Waals surface area contributed by atoms with Crippen LogP contribution in [0.25, 0.3) is 11.3 Å². The fourth-order valence-electron chi connectivity index (χ4n) is 3.54. The number of hydrogen-bond acceptors (Lipinski definition) is 7. The summed E-state index contributed by atoms with van der Waals surface area (Å²) >= 11 is 12.5. The second-order valence-corrected chi connectivity index (χ2v) is 9.85. The zero-order valence-electron chi connectivity index (χ0n) is 16.9. The Hall–Kier alpha value is -1.67. The zero-order valence-corrected chi connectivity index (χ0v) is 19.2. The van der Waals surface area contributed by atoms with Crippen molar-refractivity contribution in [3.8, 4) is 11.3 Å². The lowest BCUT2D eigenvalue weighted by Gasteiger charge is -2.42. The Kier molecular flexibility index (Phi) is 7.30. The number of alkyl halides is 3. The molecule has 2 aliphatic rings. The number of halogens is 6. The molecule has 7 atom stereocenters. The molecule has 2 aromatic rings. The first-order valence-electron chi connectivity index (χ1n) is 9.80. The molecule has 0 radical (unpaired) electrons. The van der Waals surface area contributed by atoms with Gasteiger partial charge in [-0.25, -0.2) is 22.2 Å². The third kappa shape index (κ3) is 4.85. The Morgan fingerprint density at radius 2 is 1.85 bits per heavy atom. The first-order chi connectivity index (χ1) is 16.0. The molecule has 2 unspecified atom stereocenters. The third-order valence-electron chi connectivity index (χ3n) is 5.34. The molecule has 0 spiro atoms. The molecule has 0 amide bonds. The predicted molar refractivity (Wildman–Crippen MR) is 116 cm³/mol. The van der Waals surface area contributed by atoms with Crippen LogP contribution in [0.5, 0.6) is 0 Å². The van der Waals surface area contributed by atoms with Crippen molar-refractivity contribution in [2.45, 2.75) is 40.3 Å². The van der Waals surface area contributed by atoms with Gasteiger partial charge < -0.3 is 20.1 Å². The van der Waals surface area contributed by atoms with Crippen LogP contribution in [0.1, 0.15) is 6.04 Å². The summed E-state index contributed by atoms with van der Waals surface area (Å²) in [7, 11) is 0. The van der Waals surface area contributed by atoms with Crippen LogP contribution in [-0.4, -0.2) is 71.2 Å². The maximum absolute atomic E-state index is 14.0. The lowest BCUT2D eigenvalue weighted by Crippen LogP contribution is -2.55. The topological polar surface area (TPSA) is 101 Å². The monoisotopic (exact) mass is 541 g/mol. The van der Waals surface area contributed by atoms with Gasteiger partial charge in [0.2, 0.25) is 5.13 Å². The molecule has 0 saturated carbocycles. The molecule has 184 valence electrons. The molecule has 0 bridgehead atoms. The quantitative estimate of drug-likeness (QED) is 0.304.